The summed E-state index contributed by atoms with van der Waals surface area (Å²) in [5.74, 6) is 2.13. The van der Waals surface area contributed by atoms with Crippen LogP contribution in [0.2, 0.25) is 0 Å². The SMILES string of the molecule is C=C(OCC)N1C(=O)C(C2CCCC2)c2nc(Nc3ccc(C4CCN(C(=O)OC(C)(C)C)CC4)cn3)ccc2C1C. The normalized spacial score (nSPS) is 21.7. The molecule has 0 spiro atoms. The summed E-state index contributed by atoms with van der Waals surface area (Å²) in [5, 5.41) is 3.36. The number of fused-ring (bicyclic) bond motifs is 1. The third-order valence-electron chi connectivity index (χ3n) is 8.70. The summed E-state index contributed by atoms with van der Waals surface area (Å²) in [6.45, 7) is 15.5. The highest BCUT2D eigenvalue weighted by molar-refractivity contribution is 5.87. The average Bonchev–Trinajstić information content (AvgIpc) is 3.47. The van der Waals surface area contributed by atoms with Crippen LogP contribution in [0.25, 0.3) is 0 Å². The largest absolute Gasteiger partial charge is 0.479 e. The Morgan fingerprint density at radius 2 is 1.76 bits per heavy atom. The first-order valence-electron chi connectivity index (χ1n) is 15.4. The summed E-state index contributed by atoms with van der Waals surface area (Å²) in [6.07, 6.45) is 7.76. The van der Waals surface area contributed by atoms with Crippen molar-refractivity contribution in [2.24, 2.45) is 5.92 Å². The van der Waals surface area contributed by atoms with Gasteiger partial charge in [-0.15, -0.1) is 0 Å². The molecule has 3 aliphatic rings. The van der Waals surface area contributed by atoms with E-state index in [-0.39, 0.29) is 29.9 Å². The molecule has 0 radical (unpaired) electrons. The van der Waals surface area contributed by atoms with Gasteiger partial charge in [-0.05, 0) is 102 Å². The Balaban J connectivity index is 1.29. The summed E-state index contributed by atoms with van der Waals surface area (Å²) in [5.41, 5.74) is 2.58. The van der Waals surface area contributed by atoms with Gasteiger partial charge >= 0.3 is 6.09 Å². The van der Waals surface area contributed by atoms with Crippen LogP contribution in [0.3, 0.4) is 0 Å². The predicted molar refractivity (Wildman–Crippen MR) is 162 cm³/mol. The van der Waals surface area contributed by atoms with Crippen molar-refractivity contribution >= 4 is 23.6 Å². The number of nitrogens with one attached hydrogen (secondary N) is 1. The molecule has 0 aromatic carbocycles. The molecular weight excluding hydrogens is 530 g/mol. The van der Waals surface area contributed by atoms with Gasteiger partial charge in [-0.2, -0.15) is 0 Å². The number of ether oxygens (including phenoxy) is 2. The highest BCUT2D eigenvalue weighted by Crippen LogP contribution is 2.46. The van der Waals surface area contributed by atoms with Crippen LogP contribution in [-0.2, 0) is 14.3 Å². The van der Waals surface area contributed by atoms with Gasteiger partial charge in [-0.25, -0.2) is 14.8 Å². The summed E-state index contributed by atoms with van der Waals surface area (Å²) >= 11 is 0. The van der Waals surface area contributed by atoms with Crippen LogP contribution in [-0.4, -0.2) is 57.1 Å². The lowest BCUT2D eigenvalue weighted by molar-refractivity contribution is -0.138. The second-order valence-corrected chi connectivity index (χ2v) is 12.7. The molecule has 1 saturated heterocycles. The van der Waals surface area contributed by atoms with Crippen molar-refractivity contribution < 1.29 is 19.1 Å². The highest BCUT2D eigenvalue weighted by Gasteiger charge is 2.44. The number of pyridine rings is 2. The van der Waals surface area contributed by atoms with Crippen LogP contribution >= 0.6 is 0 Å². The minimum atomic E-state index is -0.488. The van der Waals surface area contributed by atoms with Crippen LogP contribution in [0.4, 0.5) is 16.4 Å². The molecule has 9 heteroatoms. The van der Waals surface area contributed by atoms with Gasteiger partial charge in [0.1, 0.15) is 17.2 Å². The van der Waals surface area contributed by atoms with Crippen LogP contribution in [0.15, 0.2) is 42.9 Å². The third-order valence-corrected chi connectivity index (χ3v) is 8.70. The molecular formula is C33H45N5O4. The molecule has 1 N–H and O–H groups in total. The van der Waals surface area contributed by atoms with Gasteiger partial charge in [0, 0.05) is 19.3 Å². The maximum absolute atomic E-state index is 13.9. The Morgan fingerprint density at radius 3 is 2.38 bits per heavy atom. The van der Waals surface area contributed by atoms with Crippen LogP contribution in [0.5, 0.6) is 0 Å². The second-order valence-electron chi connectivity index (χ2n) is 12.7. The number of nitrogens with zero attached hydrogens (tertiary/aromatic N) is 4. The zero-order valence-electron chi connectivity index (χ0n) is 25.7. The number of carbonyl (C=O) groups excluding carboxylic acids is 2. The lowest BCUT2D eigenvalue weighted by Gasteiger charge is -2.40. The Bertz CT molecular complexity index is 1290. The zero-order chi connectivity index (χ0) is 30.0. The molecule has 0 bridgehead atoms. The molecule has 9 nitrogen and oxygen atoms in total. The van der Waals surface area contributed by atoms with E-state index in [0.29, 0.717) is 43.1 Å². The fourth-order valence-electron chi connectivity index (χ4n) is 6.62. The molecule has 1 aliphatic carbocycles. The van der Waals surface area contributed by atoms with Crippen molar-refractivity contribution in [1.82, 2.24) is 19.8 Å². The van der Waals surface area contributed by atoms with Crippen molar-refractivity contribution in [2.75, 3.05) is 25.0 Å². The van der Waals surface area contributed by atoms with Gasteiger partial charge in [0.05, 0.1) is 24.3 Å². The number of carbonyl (C=O) groups is 2. The van der Waals surface area contributed by atoms with E-state index in [1.807, 2.05) is 52.9 Å². The van der Waals surface area contributed by atoms with Crippen molar-refractivity contribution in [2.45, 2.75) is 96.6 Å². The smallest absolute Gasteiger partial charge is 0.410 e. The molecule has 5 rings (SSSR count). The number of anilines is 2. The first kappa shape index (κ1) is 29.9. The van der Waals surface area contributed by atoms with Gasteiger partial charge in [0.15, 0.2) is 5.88 Å². The topological polar surface area (TPSA) is 96.9 Å². The molecule has 2 atom stereocenters. The van der Waals surface area contributed by atoms with Gasteiger partial charge in [0.2, 0.25) is 5.91 Å². The molecule has 226 valence electrons. The number of hydrogen-bond acceptors (Lipinski definition) is 7. The fourth-order valence-corrected chi connectivity index (χ4v) is 6.62. The van der Waals surface area contributed by atoms with E-state index >= 15 is 0 Å². The van der Waals surface area contributed by atoms with Gasteiger partial charge in [-0.1, -0.05) is 25.0 Å². The Labute approximate surface area is 249 Å². The highest BCUT2D eigenvalue weighted by atomic mass is 16.6. The number of amides is 2. The first-order valence-corrected chi connectivity index (χ1v) is 15.4. The van der Waals surface area contributed by atoms with Gasteiger partial charge in [0.25, 0.3) is 0 Å². The molecule has 2 aromatic heterocycles. The summed E-state index contributed by atoms with van der Waals surface area (Å²) in [6, 6.07) is 7.91. The minimum Gasteiger partial charge on any atom is -0.479 e. The van der Waals surface area contributed by atoms with Gasteiger partial charge in [-0.3, -0.25) is 9.69 Å². The molecule has 4 heterocycles. The van der Waals surface area contributed by atoms with Crippen LogP contribution in [0.1, 0.15) is 108 Å². The van der Waals surface area contributed by atoms with Crippen LogP contribution < -0.4 is 5.32 Å². The molecule has 2 fully saturated rings. The standard InChI is InChI=1S/C33H45N5O4/c1-7-41-22(3)38-21(2)26-13-15-28(36-30(26)29(31(38)39)24-10-8-9-11-24)35-27-14-12-25(20-34-27)23-16-18-37(19-17-23)32(40)42-33(4,5)6/h12-15,20-21,23-24,29H,3,7-11,16-19H2,1-2,4-6H3,(H,34,35,36). The van der Waals surface area contributed by atoms with E-state index in [1.165, 1.54) is 0 Å². The molecule has 1 saturated carbocycles. The maximum Gasteiger partial charge on any atom is 0.410 e. The molecule has 2 amide bonds. The lowest BCUT2D eigenvalue weighted by Crippen LogP contribution is -2.44. The Morgan fingerprint density at radius 1 is 1.07 bits per heavy atom. The van der Waals surface area contributed by atoms with Crippen molar-refractivity contribution in [3.05, 3.63) is 59.7 Å². The predicted octanol–water partition coefficient (Wildman–Crippen LogP) is 7.02. The fraction of sp³-hybridized carbons (Fsp3) is 0.576. The molecule has 2 unspecified atom stereocenters. The van der Waals surface area contributed by atoms with Crippen LogP contribution in [0, 0.1) is 5.92 Å². The quantitative estimate of drug-likeness (QED) is 0.354. The third kappa shape index (κ3) is 6.40. The average molecular weight is 576 g/mol. The van der Waals surface area contributed by atoms with E-state index in [1.54, 1.807) is 9.80 Å². The summed E-state index contributed by atoms with van der Waals surface area (Å²) in [7, 11) is 0. The number of rotatable bonds is 7. The number of aromatic nitrogens is 2. The Hall–Kier alpha value is -3.62. The molecule has 2 aromatic rings. The van der Waals surface area contributed by atoms with Gasteiger partial charge < -0.3 is 19.7 Å². The second kappa shape index (κ2) is 12.3. The zero-order valence-corrected chi connectivity index (χ0v) is 25.7. The Kier molecular flexibility index (Phi) is 8.76. The minimum absolute atomic E-state index is 0.0326. The number of piperidine rings is 1. The van der Waals surface area contributed by atoms with Crippen molar-refractivity contribution in [1.29, 1.82) is 0 Å². The van der Waals surface area contributed by atoms with E-state index in [2.05, 4.69) is 29.0 Å². The maximum atomic E-state index is 13.9. The summed E-state index contributed by atoms with van der Waals surface area (Å²) in [4.78, 5) is 39.5. The number of likely N-dealkylation sites (tertiary alicyclic amines) is 1. The van der Waals surface area contributed by atoms with Crippen molar-refractivity contribution in [3.63, 3.8) is 0 Å². The number of hydrogen-bond donors (Lipinski definition) is 1. The van der Waals surface area contributed by atoms with E-state index in [9.17, 15) is 9.59 Å². The summed E-state index contributed by atoms with van der Waals surface area (Å²) < 4.78 is 11.2. The molecule has 2 aliphatic heterocycles. The van der Waals surface area contributed by atoms with E-state index in [4.69, 9.17) is 14.5 Å². The van der Waals surface area contributed by atoms with Crippen molar-refractivity contribution in [3.8, 4) is 0 Å². The lowest BCUT2D eigenvalue weighted by atomic mass is 9.80. The van der Waals surface area contributed by atoms with E-state index < -0.39 is 5.60 Å². The first-order chi connectivity index (χ1) is 20.1. The van der Waals surface area contributed by atoms with E-state index in [0.717, 1.165) is 55.3 Å². The molecule has 42 heavy (non-hydrogen) atoms. The monoisotopic (exact) mass is 575 g/mol.